The Kier molecular flexibility index (Phi) is 4.54. The second-order valence-electron chi connectivity index (χ2n) is 3.13. The molecular formula is C10H17NO2. The van der Waals surface area contributed by atoms with Crippen molar-refractivity contribution < 1.29 is 9.53 Å². The highest BCUT2D eigenvalue weighted by atomic mass is 16.5. The van der Waals surface area contributed by atoms with E-state index in [0.717, 1.165) is 25.9 Å². The lowest BCUT2D eigenvalue weighted by Gasteiger charge is -2.17. The molecular weight excluding hydrogens is 166 g/mol. The van der Waals surface area contributed by atoms with E-state index in [1.807, 2.05) is 6.92 Å². The van der Waals surface area contributed by atoms with Crippen LogP contribution in [0.4, 0.5) is 0 Å². The molecule has 0 spiro atoms. The number of esters is 1. The number of nitrogens with zero attached hydrogens (tertiary/aromatic N) is 1. The van der Waals surface area contributed by atoms with E-state index in [1.165, 1.54) is 0 Å². The zero-order valence-corrected chi connectivity index (χ0v) is 8.16. The molecule has 0 unspecified atom stereocenters. The van der Waals surface area contributed by atoms with Crippen LogP contribution in [0.5, 0.6) is 0 Å². The average Bonchev–Trinajstić information content (AvgIpc) is 2.33. The molecule has 0 atom stereocenters. The fourth-order valence-electron chi connectivity index (χ4n) is 1.41. The van der Waals surface area contributed by atoms with Gasteiger partial charge >= 0.3 is 5.97 Å². The molecule has 74 valence electrons. The summed E-state index contributed by atoms with van der Waals surface area (Å²) in [6.07, 6.45) is 6.43. The van der Waals surface area contributed by atoms with Gasteiger partial charge in [-0.1, -0.05) is 12.2 Å². The Bertz CT molecular complexity index is 179. The standard InChI is InChI=1S/C10H17NO2/c1-2-13-10(12)9-11-7-5-3-4-6-8-11/h3-4H,2,5-9H2,1H3. The molecule has 0 N–H and O–H groups in total. The van der Waals surface area contributed by atoms with Crippen LogP contribution in [0.1, 0.15) is 19.8 Å². The Balaban J connectivity index is 2.23. The molecule has 0 saturated carbocycles. The fourth-order valence-corrected chi connectivity index (χ4v) is 1.41. The molecule has 0 aromatic carbocycles. The van der Waals surface area contributed by atoms with E-state index >= 15 is 0 Å². The SMILES string of the molecule is CCOC(=O)CN1CCC=CCC1. The first kappa shape index (κ1) is 10.3. The van der Waals surface area contributed by atoms with Gasteiger partial charge in [-0.2, -0.15) is 0 Å². The number of hydrogen-bond donors (Lipinski definition) is 0. The minimum Gasteiger partial charge on any atom is -0.465 e. The molecule has 0 fully saturated rings. The maximum absolute atomic E-state index is 11.1. The molecule has 0 aromatic rings. The van der Waals surface area contributed by atoms with Crippen molar-refractivity contribution >= 4 is 5.97 Å². The quantitative estimate of drug-likeness (QED) is 0.486. The predicted octanol–water partition coefficient (Wildman–Crippen LogP) is 1.20. The summed E-state index contributed by atoms with van der Waals surface area (Å²) in [4.78, 5) is 13.3. The van der Waals surface area contributed by atoms with Crippen molar-refractivity contribution in [2.24, 2.45) is 0 Å². The van der Waals surface area contributed by atoms with Gasteiger partial charge in [0.2, 0.25) is 0 Å². The highest BCUT2D eigenvalue weighted by Crippen LogP contribution is 2.02. The van der Waals surface area contributed by atoms with Crippen LogP contribution >= 0.6 is 0 Å². The lowest BCUT2D eigenvalue weighted by atomic mass is 10.4. The summed E-state index contributed by atoms with van der Waals surface area (Å²) in [5, 5.41) is 0. The fraction of sp³-hybridized carbons (Fsp3) is 0.700. The molecule has 0 aromatic heterocycles. The van der Waals surface area contributed by atoms with Crippen LogP contribution in [0.15, 0.2) is 12.2 Å². The highest BCUT2D eigenvalue weighted by molar-refractivity contribution is 5.71. The monoisotopic (exact) mass is 183 g/mol. The molecule has 1 aliphatic rings. The lowest BCUT2D eigenvalue weighted by Crippen LogP contribution is -2.31. The number of ether oxygens (including phenoxy) is 1. The maximum Gasteiger partial charge on any atom is 0.320 e. The smallest absolute Gasteiger partial charge is 0.320 e. The third-order valence-electron chi connectivity index (χ3n) is 2.05. The van der Waals surface area contributed by atoms with Crippen LogP contribution in [-0.4, -0.2) is 37.1 Å². The van der Waals surface area contributed by atoms with E-state index in [4.69, 9.17) is 4.74 Å². The van der Waals surface area contributed by atoms with Crippen molar-refractivity contribution in [1.82, 2.24) is 4.90 Å². The summed E-state index contributed by atoms with van der Waals surface area (Å²) in [6, 6.07) is 0. The first-order valence-electron chi connectivity index (χ1n) is 4.86. The van der Waals surface area contributed by atoms with Gasteiger partial charge in [0.05, 0.1) is 13.2 Å². The van der Waals surface area contributed by atoms with Gasteiger partial charge in [0.15, 0.2) is 0 Å². The van der Waals surface area contributed by atoms with E-state index in [0.29, 0.717) is 13.2 Å². The van der Waals surface area contributed by atoms with E-state index in [2.05, 4.69) is 17.1 Å². The van der Waals surface area contributed by atoms with E-state index < -0.39 is 0 Å². The van der Waals surface area contributed by atoms with Gasteiger partial charge < -0.3 is 4.74 Å². The van der Waals surface area contributed by atoms with Gasteiger partial charge in [-0.3, -0.25) is 9.69 Å². The molecule has 1 rings (SSSR count). The third kappa shape index (κ3) is 4.08. The van der Waals surface area contributed by atoms with E-state index in [1.54, 1.807) is 0 Å². The van der Waals surface area contributed by atoms with Crippen LogP contribution in [-0.2, 0) is 9.53 Å². The highest BCUT2D eigenvalue weighted by Gasteiger charge is 2.10. The van der Waals surface area contributed by atoms with Crippen LogP contribution in [0.25, 0.3) is 0 Å². The van der Waals surface area contributed by atoms with Gasteiger partial charge in [0.1, 0.15) is 0 Å². The minimum absolute atomic E-state index is 0.107. The minimum atomic E-state index is -0.107. The number of carbonyl (C=O) groups is 1. The van der Waals surface area contributed by atoms with Gasteiger partial charge in [-0.05, 0) is 19.8 Å². The maximum atomic E-state index is 11.1. The predicted molar refractivity (Wildman–Crippen MR) is 51.4 cm³/mol. The third-order valence-corrected chi connectivity index (χ3v) is 2.05. The molecule has 3 nitrogen and oxygen atoms in total. The molecule has 0 saturated heterocycles. The summed E-state index contributed by atoms with van der Waals surface area (Å²) in [6.45, 7) is 4.69. The Morgan fingerprint density at radius 1 is 1.38 bits per heavy atom. The lowest BCUT2D eigenvalue weighted by molar-refractivity contribution is -0.144. The molecule has 0 bridgehead atoms. The average molecular weight is 183 g/mol. The van der Waals surface area contributed by atoms with E-state index in [-0.39, 0.29) is 5.97 Å². The summed E-state index contributed by atoms with van der Waals surface area (Å²) in [5.74, 6) is -0.107. The zero-order chi connectivity index (χ0) is 9.52. The van der Waals surface area contributed by atoms with Crippen LogP contribution in [0.3, 0.4) is 0 Å². The Labute approximate surface area is 79.4 Å². The van der Waals surface area contributed by atoms with Gasteiger partial charge in [0.25, 0.3) is 0 Å². The molecule has 1 heterocycles. The van der Waals surface area contributed by atoms with Gasteiger partial charge in [-0.15, -0.1) is 0 Å². The van der Waals surface area contributed by atoms with Crippen molar-refractivity contribution in [3.63, 3.8) is 0 Å². The van der Waals surface area contributed by atoms with Crippen molar-refractivity contribution in [3.05, 3.63) is 12.2 Å². The Hall–Kier alpha value is -0.830. The summed E-state index contributed by atoms with van der Waals surface area (Å²) in [5.41, 5.74) is 0. The molecule has 1 aliphatic heterocycles. The molecule has 0 amide bonds. The molecule has 13 heavy (non-hydrogen) atoms. The van der Waals surface area contributed by atoms with Crippen molar-refractivity contribution in [3.8, 4) is 0 Å². The van der Waals surface area contributed by atoms with Gasteiger partial charge in [0, 0.05) is 13.1 Å². The Morgan fingerprint density at radius 3 is 2.54 bits per heavy atom. The summed E-state index contributed by atoms with van der Waals surface area (Å²) >= 11 is 0. The largest absolute Gasteiger partial charge is 0.465 e. The van der Waals surface area contributed by atoms with Gasteiger partial charge in [-0.25, -0.2) is 0 Å². The summed E-state index contributed by atoms with van der Waals surface area (Å²) in [7, 11) is 0. The first-order chi connectivity index (χ1) is 6.33. The Morgan fingerprint density at radius 2 is 2.00 bits per heavy atom. The number of carbonyl (C=O) groups excluding carboxylic acids is 1. The molecule has 0 aliphatic carbocycles. The summed E-state index contributed by atoms with van der Waals surface area (Å²) < 4.78 is 4.88. The van der Waals surface area contributed by atoms with Crippen LogP contribution in [0.2, 0.25) is 0 Å². The number of hydrogen-bond acceptors (Lipinski definition) is 3. The molecule has 0 radical (unpaired) electrons. The van der Waals surface area contributed by atoms with E-state index in [9.17, 15) is 4.79 Å². The zero-order valence-electron chi connectivity index (χ0n) is 8.16. The van der Waals surface area contributed by atoms with Crippen LogP contribution in [0, 0.1) is 0 Å². The van der Waals surface area contributed by atoms with Crippen LogP contribution < -0.4 is 0 Å². The molecule has 3 heteroatoms. The topological polar surface area (TPSA) is 29.5 Å². The van der Waals surface area contributed by atoms with Crippen molar-refractivity contribution in [2.45, 2.75) is 19.8 Å². The second-order valence-corrected chi connectivity index (χ2v) is 3.13. The van der Waals surface area contributed by atoms with Crippen molar-refractivity contribution in [1.29, 1.82) is 0 Å². The second kappa shape index (κ2) is 5.75. The number of rotatable bonds is 3. The first-order valence-corrected chi connectivity index (χ1v) is 4.86. The van der Waals surface area contributed by atoms with Crippen molar-refractivity contribution in [2.75, 3.05) is 26.2 Å². The normalized spacial score (nSPS) is 18.2.